The van der Waals surface area contributed by atoms with Gasteiger partial charge in [-0.25, -0.2) is 4.98 Å². The average molecular weight is 355 g/mol. The van der Waals surface area contributed by atoms with Gasteiger partial charge in [-0.2, -0.15) is 0 Å². The van der Waals surface area contributed by atoms with Crippen molar-refractivity contribution >= 4 is 42.1 Å². The highest BCUT2D eigenvalue weighted by atomic mass is 35.5. The van der Waals surface area contributed by atoms with Gasteiger partial charge in [-0.1, -0.05) is 6.92 Å². The molecular formula is C13H24Cl2N4OS. The predicted molar refractivity (Wildman–Crippen MR) is 91.7 cm³/mol. The molecule has 122 valence electrons. The van der Waals surface area contributed by atoms with Crippen LogP contribution >= 0.6 is 36.2 Å². The van der Waals surface area contributed by atoms with E-state index >= 15 is 0 Å². The molecule has 1 aliphatic heterocycles. The third-order valence-corrected chi connectivity index (χ3v) is 4.28. The lowest BCUT2D eigenvalue weighted by molar-refractivity contribution is 0.0939. The van der Waals surface area contributed by atoms with Crippen LogP contribution < -0.4 is 11.1 Å². The van der Waals surface area contributed by atoms with E-state index in [1.54, 1.807) is 5.38 Å². The number of amides is 1. The molecule has 0 aliphatic carbocycles. The number of hydrogen-bond donors (Lipinski definition) is 2. The number of nitrogens with two attached hydrogens (primary N) is 1. The molecule has 0 saturated carbocycles. The second-order valence-electron chi connectivity index (χ2n) is 5.13. The lowest BCUT2D eigenvalue weighted by Gasteiger charge is -2.30. The quantitative estimate of drug-likeness (QED) is 0.846. The van der Waals surface area contributed by atoms with Crippen LogP contribution in [-0.2, 0) is 6.54 Å². The molecule has 2 heterocycles. The van der Waals surface area contributed by atoms with E-state index in [-0.39, 0.29) is 30.7 Å². The number of thiazole rings is 1. The largest absolute Gasteiger partial charge is 0.349 e. The van der Waals surface area contributed by atoms with Gasteiger partial charge >= 0.3 is 0 Å². The number of nitrogens with zero attached hydrogens (tertiary/aromatic N) is 2. The van der Waals surface area contributed by atoms with Crippen molar-refractivity contribution < 1.29 is 4.79 Å². The first kappa shape index (κ1) is 20.6. The molecule has 1 amide bonds. The van der Waals surface area contributed by atoms with E-state index in [4.69, 9.17) is 5.73 Å². The second-order valence-corrected chi connectivity index (χ2v) is 6.08. The Labute approximate surface area is 142 Å². The zero-order valence-electron chi connectivity index (χ0n) is 12.2. The van der Waals surface area contributed by atoms with E-state index < -0.39 is 0 Å². The van der Waals surface area contributed by atoms with Crippen molar-refractivity contribution in [2.24, 2.45) is 11.7 Å². The van der Waals surface area contributed by atoms with E-state index in [2.05, 4.69) is 22.1 Å². The molecule has 0 radical (unpaired) electrons. The topological polar surface area (TPSA) is 71.2 Å². The number of carbonyl (C=O) groups excluding carboxylic acids is 1. The van der Waals surface area contributed by atoms with Gasteiger partial charge in [-0.15, -0.1) is 36.2 Å². The van der Waals surface area contributed by atoms with Crippen LogP contribution in [0.25, 0.3) is 0 Å². The van der Waals surface area contributed by atoms with Crippen LogP contribution in [-0.4, -0.2) is 42.0 Å². The highest BCUT2D eigenvalue weighted by Crippen LogP contribution is 2.14. The second kappa shape index (κ2) is 10.3. The number of aromatic nitrogens is 1. The van der Waals surface area contributed by atoms with E-state index in [9.17, 15) is 4.79 Å². The fraction of sp³-hybridized carbons (Fsp3) is 0.692. The SMILES string of the molecule is CC1CCCN(CCNC(=O)c2csc(CN)n2)C1.Cl.Cl. The lowest BCUT2D eigenvalue weighted by atomic mass is 10.0. The van der Waals surface area contributed by atoms with Crippen molar-refractivity contribution in [3.63, 3.8) is 0 Å². The van der Waals surface area contributed by atoms with E-state index in [1.165, 1.54) is 24.2 Å². The Kier molecular flexibility index (Phi) is 10.1. The van der Waals surface area contributed by atoms with Gasteiger partial charge in [-0.3, -0.25) is 4.79 Å². The molecule has 2 rings (SSSR count). The first-order valence-corrected chi connectivity index (χ1v) is 7.72. The summed E-state index contributed by atoms with van der Waals surface area (Å²) in [7, 11) is 0. The molecule has 1 saturated heterocycles. The highest BCUT2D eigenvalue weighted by molar-refractivity contribution is 7.09. The molecule has 0 aromatic carbocycles. The zero-order chi connectivity index (χ0) is 13.7. The summed E-state index contributed by atoms with van der Waals surface area (Å²) < 4.78 is 0. The number of carbonyl (C=O) groups is 1. The third kappa shape index (κ3) is 6.48. The summed E-state index contributed by atoms with van der Waals surface area (Å²) in [4.78, 5) is 18.4. The van der Waals surface area contributed by atoms with Gasteiger partial charge < -0.3 is 16.0 Å². The van der Waals surface area contributed by atoms with Crippen LogP contribution in [0.1, 0.15) is 35.3 Å². The maximum Gasteiger partial charge on any atom is 0.270 e. The molecule has 3 N–H and O–H groups in total. The fourth-order valence-electron chi connectivity index (χ4n) is 2.42. The number of piperidine rings is 1. The minimum atomic E-state index is -0.0963. The first-order chi connectivity index (χ1) is 9.19. The van der Waals surface area contributed by atoms with Crippen LogP contribution in [0.2, 0.25) is 0 Å². The molecule has 0 bridgehead atoms. The maximum atomic E-state index is 11.9. The van der Waals surface area contributed by atoms with E-state index in [0.717, 1.165) is 30.6 Å². The Hall–Kier alpha value is -0.400. The number of rotatable bonds is 5. The Balaban J connectivity index is 0.00000200. The maximum absolute atomic E-state index is 11.9. The Bertz CT molecular complexity index is 430. The molecule has 1 fully saturated rings. The smallest absolute Gasteiger partial charge is 0.270 e. The minimum Gasteiger partial charge on any atom is -0.349 e. The Morgan fingerprint density at radius 1 is 1.57 bits per heavy atom. The number of nitrogens with one attached hydrogen (secondary N) is 1. The van der Waals surface area contributed by atoms with Gasteiger partial charge in [-0.05, 0) is 25.3 Å². The molecular weight excluding hydrogens is 331 g/mol. The third-order valence-electron chi connectivity index (χ3n) is 3.41. The Morgan fingerprint density at radius 2 is 2.33 bits per heavy atom. The summed E-state index contributed by atoms with van der Waals surface area (Å²) in [5, 5.41) is 5.49. The van der Waals surface area contributed by atoms with Gasteiger partial charge in [0, 0.05) is 31.6 Å². The summed E-state index contributed by atoms with van der Waals surface area (Å²) in [6.45, 7) is 6.57. The van der Waals surface area contributed by atoms with Crippen molar-refractivity contribution in [2.45, 2.75) is 26.3 Å². The van der Waals surface area contributed by atoms with Crippen molar-refractivity contribution in [3.8, 4) is 0 Å². The zero-order valence-corrected chi connectivity index (χ0v) is 14.7. The Morgan fingerprint density at radius 3 is 2.95 bits per heavy atom. The van der Waals surface area contributed by atoms with Crippen molar-refractivity contribution in [1.29, 1.82) is 0 Å². The van der Waals surface area contributed by atoms with E-state index in [1.807, 2.05) is 0 Å². The summed E-state index contributed by atoms with van der Waals surface area (Å²) >= 11 is 1.43. The van der Waals surface area contributed by atoms with Gasteiger partial charge in [0.1, 0.15) is 10.7 Å². The average Bonchev–Trinajstić information content (AvgIpc) is 2.87. The van der Waals surface area contributed by atoms with Crippen LogP contribution in [0.15, 0.2) is 5.38 Å². The summed E-state index contributed by atoms with van der Waals surface area (Å²) in [6, 6.07) is 0. The molecule has 0 spiro atoms. The monoisotopic (exact) mass is 354 g/mol. The lowest BCUT2D eigenvalue weighted by Crippen LogP contribution is -2.40. The fourth-order valence-corrected chi connectivity index (χ4v) is 3.07. The van der Waals surface area contributed by atoms with Gasteiger partial charge in [0.25, 0.3) is 5.91 Å². The summed E-state index contributed by atoms with van der Waals surface area (Å²) in [6.07, 6.45) is 2.59. The molecule has 8 heteroatoms. The number of hydrogen-bond acceptors (Lipinski definition) is 5. The number of likely N-dealkylation sites (tertiary alicyclic amines) is 1. The first-order valence-electron chi connectivity index (χ1n) is 6.84. The minimum absolute atomic E-state index is 0. The van der Waals surface area contributed by atoms with Gasteiger partial charge in [0.15, 0.2) is 0 Å². The highest BCUT2D eigenvalue weighted by Gasteiger charge is 2.16. The molecule has 1 aromatic rings. The molecule has 21 heavy (non-hydrogen) atoms. The van der Waals surface area contributed by atoms with Crippen LogP contribution in [0.3, 0.4) is 0 Å². The van der Waals surface area contributed by atoms with Gasteiger partial charge in [0.2, 0.25) is 0 Å². The normalized spacial score (nSPS) is 18.5. The van der Waals surface area contributed by atoms with Crippen molar-refractivity contribution in [1.82, 2.24) is 15.2 Å². The van der Waals surface area contributed by atoms with Crippen LogP contribution in [0.4, 0.5) is 0 Å². The standard InChI is InChI=1S/C13H22N4OS.2ClH/c1-10-3-2-5-17(8-10)6-4-15-13(18)11-9-19-12(7-14)16-11;;/h9-10H,2-8,14H2,1H3,(H,15,18);2*1H. The molecule has 1 aromatic heterocycles. The summed E-state index contributed by atoms with van der Waals surface area (Å²) in [5.74, 6) is 0.677. The molecule has 5 nitrogen and oxygen atoms in total. The molecule has 1 atom stereocenters. The summed E-state index contributed by atoms with van der Waals surface area (Å²) in [5.41, 5.74) is 5.97. The number of halogens is 2. The van der Waals surface area contributed by atoms with Crippen molar-refractivity contribution in [2.75, 3.05) is 26.2 Å². The van der Waals surface area contributed by atoms with Crippen molar-refractivity contribution in [3.05, 3.63) is 16.1 Å². The molecule has 1 aliphatic rings. The van der Waals surface area contributed by atoms with E-state index in [0.29, 0.717) is 18.8 Å². The molecule has 1 unspecified atom stereocenters. The van der Waals surface area contributed by atoms with Crippen LogP contribution in [0, 0.1) is 5.92 Å². The van der Waals surface area contributed by atoms with Crippen LogP contribution in [0.5, 0.6) is 0 Å². The predicted octanol–water partition coefficient (Wildman–Crippen LogP) is 1.91. The van der Waals surface area contributed by atoms with Gasteiger partial charge in [0.05, 0.1) is 0 Å².